The van der Waals surface area contributed by atoms with Crippen LogP contribution in [-0.4, -0.2) is 52.3 Å². The molecule has 2 saturated carbocycles. The Labute approximate surface area is 277 Å². The van der Waals surface area contributed by atoms with Gasteiger partial charge in [-0.15, -0.1) is 0 Å². The quantitative estimate of drug-likeness (QED) is 0.109. The van der Waals surface area contributed by atoms with Crippen LogP contribution < -0.4 is 5.32 Å². The number of nitrogens with one attached hydrogen (secondary N) is 2. The van der Waals surface area contributed by atoms with Gasteiger partial charge in [0, 0.05) is 40.2 Å². The van der Waals surface area contributed by atoms with Crippen molar-refractivity contribution in [1.82, 2.24) is 10.3 Å². The lowest BCUT2D eigenvalue weighted by Gasteiger charge is -2.45. The Bertz CT molecular complexity index is 1150. The third-order valence-electron chi connectivity index (χ3n) is 11.2. The molecule has 1 saturated heterocycles. The molecule has 8 nitrogen and oxygen atoms in total. The second-order valence-corrected chi connectivity index (χ2v) is 15.8. The Morgan fingerprint density at radius 3 is 2.24 bits per heavy atom. The molecule has 2 heterocycles. The van der Waals surface area contributed by atoms with Gasteiger partial charge in [0.25, 0.3) is 0 Å². The molecular formula is C38H62N2O6. The number of aromatic amines is 1. The van der Waals surface area contributed by atoms with Crippen molar-refractivity contribution >= 4 is 17.7 Å². The summed E-state index contributed by atoms with van der Waals surface area (Å²) in [5, 5.41) is 13.5. The summed E-state index contributed by atoms with van der Waals surface area (Å²) in [5.74, 6) is -2.30. The minimum Gasteiger partial charge on any atom is -0.481 e. The number of carbonyl (C=O) groups is 3. The van der Waals surface area contributed by atoms with Crippen LogP contribution in [0.25, 0.3) is 0 Å². The number of hydrogen-bond donors (Lipinski definition) is 3. The number of amides is 1. The first-order chi connectivity index (χ1) is 21.9. The molecule has 4 unspecified atom stereocenters. The van der Waals surface area contributed by atoms with Crippen molar-refractivity contribution in [3.63, 3.8) is 0 Å². The van der Waals surface area contributed by atoms with E-state index in [1.807, 2.05) is 27.7 Å². The lowest BCUT2D eigenvalue weighted by molar-refractivity contribution is -0.298. The van der Waals surface area contributed by atoms with Gasteiger partial charge in [0.1, 0.15) is 6.10 Å². The number of carboxylic acid groups (broad SMARTS) is 1. The van der Waals surface area contributed by atoms with Crippen molar-refractivity contribution in [2.24, 2.45) is 16.7 Å². The number of carbonyl (C=O) groups excluding carboxylic acids is 2. The average molecular weight is 643 g/mol. The molecule has 0 aromatic carbocycles. The molecule has 4 atom stereocenters. The van der Waals surface area contributed by atoms with Crippen LogP contribution >= 0.6 is 0 Å². The van der Waals surface area contributed by atoms with Gasteiger partial charge in [-0.2, -0.15) is 0 Å². The van der Waals surface area contributed by atoms with Gasteiger partial charge in [-0.1, -0.05) is 97.8 Å². The summed E-state index contributed by atoms with van der Waals surface area (Å²) in [5.41, 5.74) is 0.308. The monoisotopic (exact) mass is 642 g/mol. The molecule has 0 radical (unpaired) electrons. The average Bonchev–Trinajstić information content (AvgIpc) is 3.47. The molecule has 0 spiro atoms. The van der Waals surface area contributed by atoms with Gasteiger partial charge in [-0.3, -0.25) is 14.4 Å². The van der Waals surface area contributed by atoms with Crippen LogP contribution in [0.2, 0.25) is 0 Å². The zero-order valence-corrected chi connectivity index (χ0v) is 29.4. The van der Waals surface area contributed by atoms with Crippen LogP contribution in [0.3, 0.4) is 0 Å². The van der Waals surface area contributed by atoms with Gasteiger partial charge in [0.05, 0.1) is 13.0 Å². The molecule has 2 aliphatic carbocycles. The molecule has 1 aromatic rings. The topological polar surface area (TPSA) is 118 Å². The maximum Gasteiger partial charge on any atom is 0.304 e. The van der Waals surface area contributed by atoms with Crippen molar-refractivity contribution in [2.75, 3.05) is 6.61 Å². The molecule has 0 bridgehead atoms. The maximum absolute atomic E-state index is 14.1. The number of aliphatic carboxylic acids is 1. The molecule has 1 aromatic heterocycles. The van der Waals surface area contributed by atoms with Gasteiger partial charge < -0.3 is 24.9 Å². The minimum atomic E-state index is -0.904. The van der Waals surface area contributed by atoms with Crippen molar-refractivity contribution in [3.8, 4) is 0 Å². The smallest absolute Gasteiger partial charge is 0.304 e. The number of ketones is 1. The summed E-state index contributed by atoms with van der Waals surface area (Å²) in [6, 6.07) is 1.64. The first-order valence-corrected chi connectivity index (χ1v) is 18.5. The second-order valence-electron chi connectivity index (χ2n) is 15.8. The van der Waals surface area contributed by atoms with E-state index in [1.165, 1.54) is 51.4 Å². The molecule has 260 valence electrons. The summed E-state index contributed by atoms with van der Waals surface area (Å²) in [6.45, 7) is 10.2. The highest BCUT2D eigenvalue weighted by atomic mass is 16.7. The predicted octanol–water partition coefficient (Wildman–Crippen LogP) is 8.70. The number of ether oxygens (including phenoxy) is 2. The van der Waals surface area contributed by atoms with Gasteiger partial charge in [0.2, 0.25) is 5.91 Å². The highest BCUT2D eigenvalue weighted by Crippen LogP contribution is 2.47. The standard InChI is InChI=1S/C38H62N2O6/c1-6-7-8-9-10-11-12-13-16-21-38(22-17-23-38)35(44)40-30-19-15-14-18-27(30)29(25-31(41)42)32-28(20-24-39-32)33(43)34-36(2,3)26-45-37(4,5)46-34/h20,24,27,29-30,34,39H,6-19,21-23,25-26H2,1-5H3,(H,40,44)(H,41,42). The van der Waals surface area contributed by atoms with E-state index in [1.54, 1.807) is 12.3 Å². The predicted molar refractivity (Wildman–Crippen MR) is 181 cm³/mol. The summed E-state index contributed by atoms with van der Waals surface area (Å²) in [6.07, 6.45) is 19.9. The molecular weight excluding hydrogens is 580 g/mol. The lowest BCUT2D eigenvalue weighted by Crippen LogP contribution is -2.54. The van der Waals surface area contributed by atoms with E-state index in [-0.39, 0.29) is 35.5 Å². The van der Waals surface area contributed by atoms with Crippen molar-refractivity contribution < 1.29 is 29.0 Å². The fourth-order valence-corrected chi connectivity index (χ4v) is 8.13. The molecule has 8 heteroatoms. The Morgan fingerprint density at radius 1 is 0.957 bits per heavy atom. The van der Waals surface area contributed by atoms with Crippen LogP contribution in [0.4, 0.5) is 0 Å². The number of rotatable bonds is 18. The number of carboxylic acids is 1. The van der Waals surface area contributed by atoms with Crippen molar-refractivity contribution in [1.29, 1.82) is 0 Å². The lowest BCUT2D eigenvalue weighted by atomic mass is 9.64. The fraction of sp³-hybridized carbons (Fsp3) is 0.816. The highest BCUT2D eigenvalue weighted by molar-refractivity contribution is 6.01. The maximum atomic E-state index is 14.1. The largest absolute Gasteiger partial charge is 0.481 e. The summed E-state index contributed by atoms with van der Waals surface area (Å²) >= 11 is 0. The Balaban J connectivity index is 1.44. The molecule has 46 heavy (non-hydrogen) atoms. The van der Waals surface area contributed by atoms with Crippen molar-refractivity contribution in [3.05, 3.63) is 23.5 Å². The van der Waals surface area contributed by atoms with E-state index in [2.05, 4.69) is 17.2 Å². The highest BCUT2D eigenvalue weighted by Gasteiger charge is 2.48. The molecule has 1 amide bonds. The SMILES string of the molecule is CCCCCCCCCCCC1(C(=O)NC2CCCCC2C(CC(=O)O)c2[nH]ccc2C(=O)C2OC(C)(C)OCC2(C)C)CCC1. The van der Waals surface area contributed by atoms with E-state index in [9.17, 15) is 19.5 Å². The van der Waals surface area contributed by atoms with E-state index in [0.29, 0.717) is 17.9 Å². The van der Waals surface area contributed by atoms with E-state index >= 15 is 0 Å². The molecule has 4 rings (SSSR count). The number of H-pyrrole nitrogens is 1. The zero-order valence-electron chi connectivity index (χ0n) is 29.4. The normalized spacial score (nSPS) is 25.7. The molecule has 3 aliphatic rings. The molecule has 3 fully saturated rings. The molecule has 3 N–H and O–H groups in total. The van der Waals surface area contributed by atoms with Gasteiger partial charge >= 0.3 is 5.97 Å². The van der Waals surface area contributed by atoms with Gasteiger partial charge in [0.15, 0.2) is 11.6 Å². The number of unbranched alkanes of at least 4 members (excludes halogenated alkanes) is 8. The number of Topliss-reactive ketones (excluding diaryl/α,β-unsaturated/α-hetero) is 1. The zero-order chi connectivity index (χ0) is 33.4. The summed E-state index contributed by atoms with van der Waals surface area (Å²) in [4.78, 5) is 43.6. The molecule has 1 aliphatic heterocycles. The van der Waals surface area contributed by atoms with Crippen LogP contribution in [0.1, 0.15) is 172 Å². The first kappa shape index (κ1) is 36.6. The summed E-state index contributed by atoms with van der Waals surface area (Å²) in [7, 11) is 0. The third kappa shape index (κ3) is 9.24. The number of hydrogen-bond acceptors (Lipinski definition) is 5. The minimum absolute atomic E-state index is 0.0797. The van der Waals surface area contributed by atoms with Crippen LogP contribution in [0, 0.1) is 16.7 Å². The van der Waals surface area contributed by atoms with E-state index < -0.39 is 29.2 Å². The van der Waals surface area contributed by atoms with Gasteiger partial charge in [-0.05, 0) is 57.9 Å². The number of aromatic nitrogens is 1. The Morgan fingerprint density at radius 2 is 1.61 bits per heavy atom. The Kier molecular flexibility index (Phi) is 13.0. The van der Waals surface area contributed by atoms with Gasteiger partial charge in [-0.25, -0.2) is 0 Å². The van der Waals surface area contributed by atoms with E-state index in [4.69, 9.17) is 9.47 Å². The van der Waals surface area contributed by atoms with Crippen LogP contribution in [0.5, 0.6) is 0 Å². The van der Waals surface area contributed by atoms with Crippen molar-refractivity contribution in [2.45, 2.75) is 174 Å². The first-order valence-electron chi connectivity index (χ1n) is 18.5. The van der Waals surface area contributed by atoms with E-state index in [0.717, 1.165) is 57.8 Å². The van der Waals surface area contributed by atoms with Crippen LogP contribution in [-0.2, 0) is 19.1 Å². The summed E-state index contributed by atoms with van der Waals surface area (Å²) < 4.78 is 12.0. The third-order valence-corrected chi connectivity index (χ3v) is 11.2. The Hall–Kier alpha value is -2.19. The second kappa shape index (κ2) is 16.3. The fourth-order valence-electron chi connectivity index (χ4n) is 8.13. The van der Waals surface area contributed by atoms with Crippen LogP contribution in [0.15, 0.2) is 12.3 Å².